The quantitative estimate of drug-likeness (QED) is 0.393. The zero-order chi connectivity index (χ0) is 20.1. The summed E-state index contributed by atoms with van der Waals surface area (Å²) in [5, 5.41) is 30.6. The number of hydrogen-bond donors (Lipinski definition) is 3. The minimum Gasteiger partial charge on any atom is -0.393 e. The first-order valence-corrected chi connectivity index (χ1v) is 10.3. The molecule has 3 N–H and O–H groups in total. The molecule has 0 aromatic rings. The predicted molar refractivity (Wildman–Crippen MR) is 102 cm³/mol. The topological polar surface area (TPSA) is 99.5 Å². The van der Waals surface area contributed by atoms with E-state index in [2.05, 4.69) is 0 Å². The zero-order valence-electron chi connectivity index (χ0n) is 17.0. The molecule has 8 atom stereocenters. The number of allylic oxidation sites excluding steroid dienone is 1. The van der Waals surface area contributed by atoms with E-state index in [1.165, 1.54) is 0 Å². The van der Waals surface area contributed by atoms with Crippen molar-refractivity contribution in [2.75, 3.05) is 6.61 Å². The third-order valence-corrected chi connectivity index (χ3v) is 5.88. The predicted octanol–water partition coefficient (Wildman–Crippen LogP) is 1.99. The van der Waals surface area contributed by atoms with E-state index in [-0.39, 0.29) is 29.8 Å². The van der Waals surface area contributed by atoms with E-state index in [1.807, 2.05) is 20.8 Å². The molecule has 0 saturated carbocycles. The van der Waals surface area contributed by atoms with Gasteiger partial charge in [0.1, 0.15) is 6.10 Å². The van der Waals surface area contributed by atoms with Crippen LogP contribution in [0, 0.1) is 11.8 Å². The summed E-state index contributed by atoms with van der Waals surface area (Å²) in [5.74, 6) is -0.0440. The molecule has 2 rings (SSSR count). The van der Waals surface area contributed by atoms with Gasteiger partial charge in [-0.3, -0.25) is 4.79 Å². The number of carbonyl (C=O) groups is 1. The van der Waals surface area contributed by atoms with Crippen molar-refractivity contribution >= 4 is 5.78 Å². The van der Waals surface area contributed by atoms with Crippen molar-refractivity contribution in [3.05, 3.63) is 11.6 Å². The summed E-state index contributed by atoms with van der Waals surface area (Å²) in [6.45, 7) is 7.96. The molecule has 0 aromatic heterocycles. The number of unbranched alkanes of at least 4 members (excludes halogenated alkanes) is 1. The van der Waals surface area contributed by atoms with Gasteiger partial charge in [0.05, 0.1) is 37.1 Å². The molecule has 2 aliphatic heterocycles. The second-order valence-electron chi connectivity index (χ2n) is 8.35. The van der Waals surface area contributed by atoms with Crippen LogP contribution < -0.4 is 0 Å². The molecule has 2 heterocycles. The molecule has 6 nitrogen and oxygen atoms in total. The van der Waals surface area contributed by atoms with E-state index in [9.17, 15) is 20.1 Å². The Morgan fingerprint density at radius 2 is 1.93 bits per heavy atom. The van der Waals surface area contributed by atoms with Crippen LogP contribution in [0.15, 0.2) is 11.6 Å². The second-order valence-corrected chi connectivity index (χ2v) is 8.35. The van der Waals surface area contributed by atoms with Gasteiger partial charge in [-0.1, -0.05) is 25.8 Å². The monoisotopic (exact) mass is 384 g/mol. The van der Waals surface area contributed by atoms with Gasteiger partial charge in [-0.25, -0.2) is 0 Å². The van der Waals surface area contributed by atoms with Crippen molar-refractivity contribution in [2.24, 2.45) is 11.8 Å². The Morgan fingerprint density at radius 1 is 1.22 bits per heavy atom. The maximum atomic E-state index is 11.9. The molecular weight excluding hydrogens is 348 g/mol. The summed E-state index contributed by atoms with van der Waals surface area (Å²) in [7, 11) is 0. The second kappa shape index (κ2) is 10.1. The molecule has 8 unspecified atom stereocenters. The summed E-state index contributed by atoms with van der Waals surface area (Å²) >= 11 is 0. The number of aliphatic hydroxyl groups is 3. The van der Waals surface area contributed by atoms with Crippen LogP contribution in [0.1, 0.15) is 59.8 Å². The van der Waals surface area contributed by atoms with Crippen molar-refractivity contribution < 1.29 is 29.6 Å². The fraction of sp³-hybridized carbons (Fsp3) is 0.857. The van der Waals surface area contributed by atoms with Gasteiger partial charge < -0.3 is 24.8 Å². The van der Waals surface area contributed by atoms with Crippen molar-refractivity contribution in [3.8, 4) is 0 Å². The van der Waals surface area contributed by atoms with Gasteiger partial charge in [-0.2, -0.15) is 0 Å². The molecule has 0 spiro atoms. The number of ether oxygens (including phenoxy) is 2. The Labute approximate surface area is 162 Å². The molecule has 2 aliphatic rings. The first-order valence-electron chi connectivity index (χ1n) is 10.3. The smallest absolute Gasteiger partial charge is 0.155 e. The Kier molecular flexibility index (Phi) is 8.43. The van der Waals surface area contributed by atoms with Crippen LogP contribution in [0.5, 0.6) is 0 Å². The van der Waals surface area contributed by atoms with Gasteiger partial charge in [0, 0.05) is 18.3 Å². The standard InChI is InChI=1S/C21H36O6/c1-5-6-7-16(23)8-12(2)9-17-20(25)19(24)15(11-26-17)10-18-21(27-18)13(3)14(4)22/h8,13-15,17-22,24-25H,5-7,9-11H2,1-4H3/b12-8-. The van der Waals surface area contributed by atoms with Gasteiger partial charge in [0.2, 0.25) is 0 Å². The number of epoxide rings is 1. The van der Waals surface area contributed by atoms with Crippen LogP contribution in [-0.2, 0) is 14.3 Å². The SMILES string of the molecule is CCCCC(=O)/C=C(/C)CC1OCC(CC2OC2C(C)C(C)O)C(O)C1O. The Morgan fingerprint density at radius 3 is 2.56 bits per heavy atom. The highest BCUT2D eigenvalue weighted by Crippen LogP contribution is 2.38. The highest BCUT2D eigenvalue weighted by atomic mass is 16.6. The first kappa shape index (κ1) is 22.5. The largest absolute Gasteiger partial charge is 0.393 e. The van der Waals surface area contributed by atoms with E-state index < -0.39 is 24.4 Å². The fourth-order valence-electron chi connectivity index (χ4n) is 3.79. The van der Waals surface area contributed by atoms with Gasteiger partial charge in [0.15, 0.2) is 5.78 Å². The van der Waals surface area contributed by atoms with E-state index in [0.717, 1.165) is 18.4 Å². The average molecular weight is 385 g/mol. The third kappa shape index (κ3) is 6.36. The minimum absolute atomic E-state index is 0.000538. The minimum atomic E-state index is -0.982. The highest BCUT2D eigenvalue weighted by molar-refractivity contribution is 5.90. The van der Waals surface area contributed by atoms with Crippen LogP contribution >= 0.6 is 0 Å². The Hall–Kier alpha value is -0.790. The molecule has 2 saturated heterocycles. The van der Waals surface area contributed by atoms with Crippen LogP contribution in [0.4, 0.5) is 0 Å². The van der Waals surface area contributed by atoms with E-state index in [4.69, 9.17) is 9.47 Å². The van der Waals surface area contributed by atoms with Crippen molar-refractivity contribution in [3.63, 3.8) is 0 Å². The lowest BCUT2D eigenvalue weighted by Gasteiger charge is -2.38. The third-order valence-electron chi connectivity index (χ3n) is 5.88. The van der Waals surface area contributed by atoms with E-state index in [1.54, 1.807) is 13.0 Å². The van der Waals surface area contributed by atoms with Crippen molar-refractivity contribution in [1.82, 2.24) is 0 Å². The molecule has 27 heavy (non-hydrogen) atoms. The van der Waals surface area contributed by atoms with Gasteiger partial charge >= 0.3 is 0 Å². The average Bonchev–Trinajstić information content (AvgIpc) is 3.37. The van der Waals surface area contributed by atoms with Gasteiger partial charge in [-0.15, -0.1) is 0 Å². The first-order chi connectivity index (χ1) is 12.7. The lowest BCUT2D eigenvalue weighted by Crippen LogP contribution is -2.50. The number of rotatable bonds is 10. The highest BCUT2D eigenvalue weighted by Gasteiger charge is 2.48. The van der Waals surface area contributed by atoms with Gasteiger partial charge in [-0.05, 0) is 39.2 Å². The summed E-state index contributed by atoms with van der Waals surface area (Å²) in [5.41, 5.74) is 0.863. The molecule has 0 radical (unpaired) electrons. The van der Waals surface area contributed by atoms with Crippen LogP contribution in [-0.4, -0.2) is 64.3 Å². The molecule has 0 aromatic carbocycles. The molecule has 0 amide bonds. The maximum absolute atomic E-state index is 11.9. The summed E-state index contributed by atoms with van der Waals surface area (Å²) in [4.78, 5) is 11.9. The van der Waals surface area contributed by atoms with Crippen molar-refractivity contribution in [2.45, 2.75) is 96.4 Å². The van der Waals surface area contributed by atoms with E-state index >= 15 is 0 Å². The maximum Gasteiger partial charge on any atom is 0.155 e. The lowest BCUT2D eigenvalue weighted by molar-refractivity contribution is -0.165. The lowest BCUT2D eigenvalue weighted by atomic mass is 9.85. The number of ketones is 1. The van der Waals surface area contributed by atoms with Crippen LogP contribution in [0.2, 0.25) is 0 Å². The summed E-state index contributed by atoms with van der Waals surface area (Å²) in [6.07, 6.45) is 2.29. The molecule has 0 bridgehead atoms. The van der Waals surface area contributed by atoms with Gasteiger partial charge in [0.25, 0.3) is 0 Å². The number of carbonyl (C=O) groups excluding carboxylic acids is 1. The Bertz CT molecular complexity index is 517. The molecule has 156 valence electrons. The summed E-state index contributed by atoms with van der Waals surface area (Å²) in [6, 6.07) is 0. The van der Waals surface area contributed by atoms with E-state index in [0.29, 0.717) is 25.9 Å². The normalized spacial score (nSPS) is 36.3. The zero-order valence-corrected chi connectivity index (χ0v) is 17.0. The molecular formula is C21H36O6. The number of hydrogen-bond acceptors (Lipinski definition) is 6. The summed E-state index contributed by atoms with van der Waals surface area (Å²) < 4.78 is 11.5. The number of aliphatic hydroxyl groups excluding tert-OH is 3. The molecule has 2 fully saturated rings. The Balaban J connectivity index is 1.81. The fourth-order valence-corrected chi connectivity index (χ4v) is 3.79. The molecule has 0 aliphatic carbocycles. The van der Waals surface area contributed by atoms with Crippen LogP contribution in [0.25, 0.3) is 0 Å². The van der Waals surface area contributed by atoms with Crippen LogP contribution in [0.3, 0.4) is 0 Å². The molecule has 6 heteroatoms. The van der Waals surface area contributed by atoms with Crippen molar-refractivity contribution in [1.29, 1.82) is 0 Å².